The molecule has 0 saturated heterocycles. The van der Waals surface area contributed by atoms with Crippen molar-refractivity contribution in [1.29, 1.82) is 0 Å². The quantitative estimate of drug-likeness (QED) is 0.315. The predicted molar refractivity (Wildman–Crippen MR) is 156 cm³/mol. The zero-order valence-electron chi connectivity index (χ0n) is 22.7. The Hall–Kier alpha value is -4.31. The highest BCUT2D eigenvalue weighted by atomic mass is 32.2. The largest absolute Gasteiger partial charge is 0.454 e. The van der Waals surface area contributed by atoms with Crippen LogP contribution in [0.1, 0.15) is 36.6 Å². The summed E-state index contributed by atoms with van der Waals surface area (Å²) >= 11 is 1.47. The summed E-state index contributed by atoms with van der Waals surface area (Å²) in [7, 11) is 0. The molecule has 0 spiro atoms. The minimum absolute atomic E-state index is 0.0401. The molecule has 3 aromatic carbocycles. The van der Waals surface area contributed by atoms with Crippen LogP contribution in [0.15, 0.2) is 72.8 Å². The van der Waals surface area contributed by atoms with E-state index in [2.05, 4.69) is 5.32 Å². The van der Waals surface area contributed by atoms with Gasteiger partial charge in [0.15, 0.2) is 11.5 Å². The monoisotopic (exact) mass is 572 g/mol. The molecule has 0 aliphatic carbocycles. The van der Waals surface area contributed by atoms with Crippen molar-refractivity contribution in [3.05, 3.63) is 89.7 Å². The summed E-state index contributed by atoms with van der Waals surface area (Å²) in [4.78, 5) is 28.5. The molecule has 3 heterocycles. The average Bonchev–Trinajstić information content (AvgIpc) is 3.58. The normalized spacial score (nSPS) is 16.7. The van der Waals surface area contributed by atoms with Crippen LogP contribution in [0.5, 0.6) is 11.5 Å². The van der Waals surface area contributed by atoms with E-state index in [4.69, 9.17) is 14.6 Å². The lowest BCUT2D eigenvalue weighted by molar-refractivity contribution is -0.123. The number of rotatable bonds is 7. The molecule has 0 unspecified atom stereocenters. The number of amides is 2. The van der Waals surface area contributed by atoms with Gasteiger partial charge in [-0.05, 0) is 55.3 Å². The second-order valence-corrected chi connectivity index (χ2v) is 11.1. The number of nitrogens with one attached hydrogen (secondary N) is 1. The van der Waals surface area contributed by atoms with Crippen LogP contribution in [-0.2, 0) is 9.59 Å². The molecular weight excluding hydrogens is 543 g/mol. The van der Waals surface area contributed by atoms with E-state index >= 15 is 0 Å². The number of nitrogens with zero attached hydrogens (tertiary/aromatic N) is 3. The second kappa shape index (κ2) is 11.3. The number of hydrogen-bond acceptors (Lipinski definition) is 6. The van der Waals surface area contributed by atoms with Gasteiger partial charge < -0.3 is 14.8 Å². The third-order valence-electron chi connectivity index (χ3n) is 7.23. The Balaban J connectivity index is 1.58. The molecule has 0 fully saturated rings. The van der Waals surface area contributed by atoms with Crippen molar-refractivity contribution in [3.63, 3.8) is 0 Å². The molecule has 8 nitrogen and oxygen atoms in total. The summed E-state index contributed by atoms with van der Waals surface area (Å²) in [5.41, 5.74) is 3.79. The van der Waals surface area contributed by atoms with E-state index in [1.165, 1.54) is 28.8 Å². The third-order valence-corrected chi connectivity index (χ3v) is 8.48. The fraction of sp³-hybridized carbons (Fsp3) is 0.258. The molecule has 0 bridgehead atoms. The van der Waals surface area contributed by atoms with Crippen LogP contribution in [-0.4, -0.2) is 46.7 Å². The zero-order chi connectivity index (χ0) is 28.5. The summed E-state index contributed by atoms with van der Waals surface area (Å²) in [6.07, 6.45) is 0.763. The lowest BCUT2D eigenvalue weighted by atomic mass is 9.99. The Morgan fingerprint density at radius 1 is 1.10 bits per heavy atom. The van der Waals surface area contributed by atoms with Gasteiger partial charge in [-0.3, -0.25) is 14.5 Å². The average molecular weight is 573 g/mol. The van der Waals surface area contributed by atoms with Crippen molar-refractivity contribution in [1.82, 2.24) is 15.1 Å². The minimum Gasteiger partial charge on any atom is -0.454 e. The van der Waals surface area contributed by atoms with Gasteiger partial charge in [0.05, 0.1) is 22.4 Å². The van der Waals surface area contributed by atoms with Gasteiger partial charge in [0.1, 0.15) is 18.2 Å². The van der Waals surface area contributed by atoms with E-state index in [9.17, 15) is 14.0 Å². The molecule has 2 aliphatic rings. The predicted octanol–water partition coefficient (Wildman–Crippen LogP) is 5.49. The van der Waals surface area contributed by atoms with Crippen LogP contribution in [0.3, 0.4) is 0 Å². The number of ether oxygens (including phenoxy) is 2. The van der Waals surface area contributed by atoms with Crippen molar-refractivity contribution in [2.45, 2.75) is 31.6 Å². The minimum atomic E-state index is -0.384. The molecule has 2 amide bonds. The molecule has 4 aromatic rings. The number of benzene rings is 3. The first kappa shape index (κ1) is 26.9. The van der Waals surface area contributed by atoms with Gasteiger partial charge in [0.2, 0.25) is 18.6 Å². The number of fused-ring (bicyclic) bond motifs is 2. The lowest BCUT2D eigenvalue weighted by Crippen LogP contribution is -2.44. The molecule has 41 heavy (non-hydrogen) atoms. The van der Waals surface area contributed by atoms with Crippen molar-refractivity contribution < 1.29 is 23.5 Å². The standard InChI is InChI=1S/C31H29FN4O4S/c1-3-19(2)33-26(37)16-35-27(38)17-41-30(21-9-14-24-25(15-21)40-18-39-24)28-29(20-7-5-4-6-8-20)34-36(31(28)35)23-12-10-22(32)11-13-23/h4-15,19,30H,3,16-18H2,1-2H3,(H,33,37)/t19-,30-/m0/s1. The van der Waals surface area contributed by atoms with Crippen LogP contribution in [0.2, 0.25) is 0 Å². The molecule has 1 aromatic heterocycles. The maximum Gasteiger partial charge on any atom is 0.240 e. The van der Waals surface area contributed by atoms with Crippen LogP contribution in [0, 0.1) is 5.82 Å². The van der Waals surface area contributed by atoms with Crippen molar-refractivity contribution in [2.24, 2.45) is 0 Å². The number of carbonyl (C=O) groups is 2. The second-order valence-electron chi connectivity index (χ2n) is 10.0. The summed E-state index contributed by atoms with van der Waals surface area (Å²) in [5.74, 6) is 1.05. The van der Waals surface area contributed by atoms with Gasteiger partial charge in [-0.2, -0.15) is 5.10 Å². The van der Waals surface area contributed by atoms with E-state index in [0.717, 1.165) is 23.1 Å². The first-order valence-electron chi connectivity index (χ1n) is 13.5. The Kier molecular flexibility index (Phi) is 7.40. The van der Waals surface area contributed by atoms with Gasteiger partial charge >= 0.3 is 0 Å². The van der Waals surface area contributed by atoms with E-state index in [0.29, 0.717) is 28.7 Å². The molecule has 0 radical (unpaired) electrons. The van der Waals surface area contributed by atoms with E-state index in [-0.39, 0.29) is 48.0 Å². The molecule has 210 valence electrons. The molecule has 0 saturated carbocycles. The summed E-state index contributed by atoms with van der Waals surface area (Å²) in [6.45, 7) is 3.89. The van der Waals surface area contributed by atoms with Crippen molar-refractivity contribution in [2.75, 3.05) is 24.0 Å². The van der Waals surface area contributed by atoms with Crippen LogP contribution < -0.4 is 19.7 Å². The molecule has 1 N–H and O–H groups in total. The van der Waals surface area contributed by atoms with Crippen molar-refractivity contribution in [3.8, 4) is 28.4 Å². The maximum absolute atomic E-state index is 14.0. The number of halogens is 1. The Morgan fingerprint density at radius 2 is 1.85 bits per heavy atom. The third kappa shape index (κ3) is 5.27. The zero-order valence-corrected chi connectivity index (χ0v) is 23.5. The van der Waals surface area contributed by atoms with Gasteiger partial charge in [0, 0.05) is 17.2 Å². The van der Waals surface area contributed by atoms with Gasteiger partial charge in [-0.1, -0.05) is 43.3 Å². The number of aromatic nitrogens is 2. The highest BCUT2D eigenvalue weighted by Gasteiger charge is 2.38. The lowest BCUT2D eigenvalue weighted by Gasteiger charge is -2.24. The Bertz CT molecular complexity index is 1590. The smallest absolute Gasteiger partial charge is 0.240 e. The SMILES string of the molecule is CC[C@H](C)NC(=O)CN1C(=O)CS[C@@H](c2ccc3c(c2)OCO3)c2c(-c3ccccc3)nn(-c3ccc(F)cc3)c21. The molecule has 2 aliphatic heterocycles. The number of hydrogen-bond donors (Lipinski definition) is 1. The summed E-state index contributed by atoms with van der Waals surface area (Å²) in [6, 6.07) is 21.4. The molecule has 2 atom stereocenters. The Morgan fingerprint density at radius 3 is 2.61 bits per heavy atom. The van der Waals surface area contributed by atoms with E-state index in [1.807, 2.05) is 62.4 Å². The Labute approximate surface area is 241 Å². The van der Waals surface area contributed by atoms with Crippen molar-refractivity contribution >= 4 is 29.4 Å². The molecule has 6 rings (SSSR count). The van der Waals surface area contributed by atoms with Gasteiger partial charge in [-0.15, -0.1) is 11.8 Å². The van der Waals surface area contributed by atoms with Crippen LogP contribution in [0.4, 0.5) is 10.2 Å². The molecule has 10 heteroatoms. The number of anilines is 1. The fourth-order valence-corrected chi connectivity index (χ4v) is 6.18. The van der Waals surface area contributed by atoms with E-state index < -0.39 is 0 Å². The van der Waals surface area contributed by atoms with E-state index in [1.54, 1.807) is 16.8 Å². The fourth-order valence-electron chi connectivity index (χ4n) is 5.00. The highest BCUT2D eigenvalue weighted by molar-refractivity contribution is 8.00. The van der Waals surface area contributed by atoms with Gasteiger partial charge in [-0.25, -0.2) is 9.07 Å². The first-order valence-corrected chi connectivity index (χ1v) is 14.5. The number of thioether (sulfide) groups is 1. The van der Waals surface area contributed by atoms with Crippen LogP contribution >= 0.6 is 11.8 Å². The summed E-state index contributed by atoms with van der Waals surface area (Å²) < 4.78 is 26.8. The molecular formula is C31H29FN4O4S. The van der Waals surface area contributed by atoms with Crippen LogP contribution in [0.25, 0.3) is 16.9 Å². The van der Waals surface area contributed by atoms with Gasteiger partial charge in [0.25, 0.3) is 0 Å². The topological polar surface area (TPSA) is 85.7 Å². The number of carbonyl (C=O) groups excluding carboxylic acids is 2. The first-order chi connectivity index (χ1) is 19.9. The summed E-state index contributed by atoms with van der Waals surface area (Å²) in [5, 5.41) is 7.67. The maximum atomic E-state index is 14.0. The highest BCUT2D eigenvalue weighted by Crippen LogP contribution is 2.50.